The van der Waals surface area contributed by atoms with Crippen molar-refractivity contribution in [3.8, 4) is 0 Å². The number of hydrogen-bond acceptors (Lipinski definition) is 2. The van der Waals surface area contributed by atoms with Crippen LogP contribution in [0, 0.1) is 6.07 Å². The molecule has 0 unspecified atom stereocenters. The van der Waals surface area contributed by atoms with Gasteiger partial charge in [0.2, 0.25) is 0 Å². The molecule has 0 aromatic heterocycles. The molecule has 0 saturated carbocycles. The first-order chi connectivity index (χ1) is 5.65. The summed E-state index contributed by atoms with van der Waals surface area (Å²) in [7, 11) is 1.31. The van der Waals surface area contributed by atoms with Crippen molar-refractivity contribution in [3.05, 3.63) is 33.3 Å². The fraction of sp³-hybridized carbons (Fsp3) is 0.125. The van der Waals surface area contributed by atoms with Crippen LogP contribution >= 0.6 is 27.5 Å². The zero-order chi connectivity index (χ0) is 9.14. The maximum atomic E-state index is 11.0. The summed E-state index contributed by atoms with van der Waals surface area (Å²) in [4.78, 5) is 11.0. The summed E-state index contributed by atoms with van der Waals surface area (Å²) in [5.41, 5.74) is 0.322. The van der Waals surface area contributed by atoms with Crippen molar-refractivity contribution in [3.63, 3.8) is 0 Å². The maximum Gasteiger partial charge on any atom is 0.339 e. The highest BCUT2D eigenvalue weighted by molar-refractivity contribution is 9.10. The van der Waals surface area contributed by atoms with Gasteiger partial charge in [-0.05, 0) is 18.2 Å². The first-order valence-corrected chi connectivity index (χ1v) is 4.27. The van der Waals surface area contributed by atoms with Gasteiger partial charge in [0.15, 0.2) is 0 Å². The Morgan fingerprint density at radius 3 is 2.92 bits per heavy atom. The third kappa shape index (κ3) is 1.99. The molecule has 0 bridgehead atoms. The molecule has 0 aliphatic rings. The Bertz CT molecular complexity index is 312. The average Bonchev–Trinajstić information content (AvgIpc) is 2.03. The number of methoxy groups -OCH3 is 1. The molecule has 4 heteroatoms. The number of hydrogen-bond donors (Lipinski definition) is 0. The Morgan fingerprint density at radius 1 is 1.75 bits per heavy atom. The Labute approximate surface area is 83.6 Å². The van der Waals surface area contributed by atoms with Crippen LogP contribution in [-0.2, 0) is 4.74 Å². The van der Waals surface area contributed by atoms with E-state index in [9.17, 15) is 4.79 Å². The Morgan fingerprint density at radius 2 is 2.42 bits per heavy atom. The summed E-state index contributed by atoms with van der Waals surface area (Å²) in [5, 5.41) is 0.354. The van der Waals surface area contributed by atoms with Crippen LogP contribution in [0.1, 0.15) is 10.4 Å². The number of halogens is 2. The largest absolute Gasteiger partial charge is 0.465 e. The van der Waals surface area contributed by atoms with Gasteiger partial charge in [-0.3, -0.25) is 0 Å². The summed E-state index contributed by atoms with van der Waals surface area (Å²) >= 11 is 8.93. The van der Waals surface area contributed by atoms with Gasteiger partial charge in [-0.25, -0.2) is 4.79 Å². The molecule has 0 aliphatic heterocycles. The molecule has 1 aromatic carbocycles. The normalized spacial score (nSPS) is 9.58. The highest BCUT2D eigenvalue weighted by atomic mass is 79.9. The van der Waals surface area contributed by atoms with Crippen molar-refractivity contribution in [2.24, 2.45) is 0 Å². The minimum Gasteiger partial charge on any atom is -0.465 e. The van der Waals surface area contributed by atoms with E-state index in [4.69, 9.17) is 11.6 Å². The lowest BCUT2D eigenvalue weighted by Crippen LogP contribution is -2.01. The van der Waals surface area contributed by atoms with Gasteiger partial charge >= 0.3 is 5.97 Å². The van der Waals surface area contributed by atoms with Gasteiger partial charge in [-0.1, -0.05) is 27.5 Å². The van der Waals surface area contributed by atoms with Crippen LogP contribution in [0.5, 0.6) is 0 Å². The van der Waals surface area contributed by atoms with E-state index < -0.39 is 5.97 Å². The van der Waals surface area contributed by atoms with Crippen LogP contribution in [0.15, 0.2) is 16.6 Å². The van der Waals surface area contributed by atoms with Gasteiger partial charge in [0.25, 0.3) is 0 Å². The Hall–Kier alpha value is -0.540. The minimum atomic E-state index is -0.455. The molecule has 0 fully saturated rings. The first kappa shape index (κ1) is 9.55. The fourth-order valence-corrected chi connectivity index (χ4v) is 1.42. The van der Waals surface area contributed by atoms with Gasteiger partial charge < -0.3 is 4.74 Å². The second-order valence-corrected chi connectivity index (χ2v) is 3.30. The molecule has 0 amide bonds. The zero-order valence-electron chi connectivity index (χ0n) is 6.23. The van der Waals surface area contributed by atoms with Crippen molar-refractivity contribution in [2.45, 2.75) is 0 Å². The van der Waals surface area contributed by atoms with E-state index >= 15 is 0 Å². The third-order valence-corrected chi connectivity index (χ3v) is 2.04. The van der Waals surface area contributed by atoms with E-state index in [2.05, 4.69) is 26.7 Å². The molecular weight excluding hydrogens is 243 g/mol. The highest BCUT2D eigenvalue weighted by Gasteiger charge is 2.09. The molecule has 0 saturated heterocycles. The lowest BCUT2D eigenvalue weighted by atomic mass is 10.2. The number of esters is 1. The Balaban J connectivity index is 3.09. The monoisotopic (exact) mass is 247 g/mol. The van der Waals surface area contributed by atoms with E-state index in [1.165, 1.54) is 13.2 Å². The van der Waals surface area contributed by atoms with Crippen LogP contribution in [0.4, 0.5) is 0 Å². The van der Waals surface area contributed by atoms with Crippen molar-refractivity contribution >= 4 is 33.5 Å². The molecule has 0 heterocycles. The molecule has 0 atom stereocenters. The lowest BCUT2D eigenvalue weighted by Gasteiger charge is -2.00. The predicted octanol–water partition coefficient (Wildman–Crippen LogP) is 2.69. The highest BCUT2D eigenvalue weighted by Crippen LogP contribution is 2.21. The standard InChI is InChI=1S/C8H5BrClO2/c1-12-8(11)6-3-2-5(9)4-7(6)10/h3-4H,1H3. The molecule has 2 nitrogen and oxygen atoms in total. The van der Waals surface area contributed by atoms with Gasteiger partial charge in [-0.15, -0.1) is 0 Å². The number of benzene rings is 1. The maximum absolute atomic E-state index is 11.0. The second kappa shape index (κ2) is 3.92. The number of carbonyl (C=O) groups is 1. The summed E-state index contributed by atoms with van der Waals surface area (Å²) < 4.78 is 5.21. The molecule has 0 spiro atoms. The molecule has 1 rings (SSSR count). The molecule has 1 aromatic rings. The molecule has 1 radical (unpaired) electrons. The summed E-state index contributed by atoms with van der Waals surface area (Å²) in [6.45, 7) is 0. The van der Waals surface area contributed by atoms with E-state index in [1.807, 2.05) is 0 Å². The summed E-state index contributed by atoms with van der Waals surface area (Å²) in [5.74, 6) is -0.455. The number of ether oxygens (including phenoxy) is 1. The smallest absolute Gasteiger partial charge is 0.339 e. The third-order valence-electron chi connectivity index (χ3n) is 1.27. The SMILES string of the molecule is COC(=O)c1c[c]c(Br)cc1Cl. The van der Waals surface area contributed by atoms with Gasteiger partial charge in [0.1, 0.15) is 0 Å². The minimum absolute atomic E-state index is 0.322. The van der Waals surface area contributed by atoms with Gasteiger partial charge in [0, 0.05) is 4.47 Å². The number of carbonyl (C=O) groups excluding carboxylic acids is 1. The van der Waals surface area contributed by atoms with Crippen LogP contribution in [0.2, 0.25) is 5.02 Å². The fourth-order valence-electron chi connectivity index (χ4n) is 0.707. The van der Waals surface area contributed by atoms with Crippen molar-refractivity contribution in [2.75, 3.05) is 7.11 Å². The molecule has 0 aliphatic carbocycles. The first-order valence-electron chi connectivity index (χ1n) is 3.10. The van der Waals surface area contributed by atoms with E-state index in [1.54, 1.807) is 6.07 Å². The van der Waals surface area contributed by atoms with Crippen molar-refractivity contribution in [1.82, 2.24) is 0 Å². The quantitative estimate of drug-likeness (QED) is 0.714. The Kier molecular flexibility index (Phi) is 3.12. The van der Waals surface area contributed by atoms with Crippen molar-refractivity contribution < 1.29 is 9.53 Å². The second-order valence-electron chi connectivity index (χ2n) is 2.03. The van der Waals surface area contributed by atoms with Crippen LogP contribution < -0.4 is 0 Å². The summed E-state index contributed by atoms with van der Waals surface area (Å²) in [6.07, 6.45) is 0. The topological polar surface area (TPSA) is 26.3 Å². The van der Waals surface area contributed by atoms with Gasteiger partial charge in [-0.2, -0.15) is 0 Å². The van der Waals surface area contributed by atoms with E-state index in [0.717, 1.165) is 0 Å². The van der Waals surface area contributed by atoms with E-state index in [-0.39, 0.29) is 0 Å². The summed E-state index contributed by atoms with van der Waals surface area (Å²) in [6, 6.07) is 5.86. The average molecular weight is 248 g/mol. The zero-order valence-corrected chi connectivity index (χ0v) is 8.57. The predicted molar refractivity (Wildman–Crippen MR) is 49.3 cm³/mol. The lowest BCUT2D eigenvalue weighted by molar-refractivity contribution is 0.0601. The molecule has 63 valence electrons. The molecule has 0 N–H and O–H groups in total. The van der Waals surface area contributed by atoms with Gasteiger partial charge in [0.05, 0.1) is 17.7 Å². The van der Waals surface area contributed by atoms with Crippen LogP contribution in [0.3, 0.4) is 0 Å². The van der Waals surface area contributed by atoms with Crippen LogP contribution in [0.25, 0.3) is 0 Å². The molecular formula is C8H5BrClO2. The van der Waals surface area contributed by atoms with E-state index in [0.29, 0.717) is 15.1 Å². The molecule has 12 heavy (non-hydrogen) atoms. The van der Waals surface area contributed by atoms with Crippen molar-refractivity contribution in [1.29, 1.82) is 0 Å². The van der Waals surface area contributed by atoms with Crippen LogP contribution in [-0.4, -0.2) is 13.1 Å². The number of rotatable bonds is 1.